The van der Waals surface area contributed by atoms with E-state index >= 15 is 0 Å². The van der Waals surface area contributed by atoms with Crippen LogP contribution in [0.5, 0.6) is 0 Å². The number of imidazole rings is 1. The third-order valence-corrected chi connectivity index (χ3v) is 4.15. The molecule has 0 radical (unpaired) electrons. The zero-order valence-electron chi connectivity index (χ0n) is 11.7. The first-order valence-electron chi connectivity index (χ1n) is 6.72. The van der Waals surface area contributed by atoms with Crippen LogP contribution in [0.1, 0.15) is 17.0 Å². The van der Waals surface area contributed by atoms with Crippen LogP contribution < -0.4 is 0 Å². The van der Waals surface area contributed by atoms with Crippen LogP contribution in [0.4, 0.5) is 0 Å². The number of hydrogen-bond donors (Lipinski definition) is 0. The molecule has 0 fully saturated rings. The van der Waals surface area contributed by atoms with Gasteiger partial charge in [0.15, 0.2) is 10.7 Å². The number of benzene rings is 1. The van der Waals surface area contributed by atoms with E-state index in [2.05, 4.69) is 9.98 Å². The van der Waals surface area contributed by atoms with Gasteiger partial charge < -0.3 is 4.74 Å². The van der Waals surface area contributed by atoms with Gasteiger partial charge in [-0.15, -0.1) is 11.3 Å². The lowest BCUT2D eigenvalue weighted by molar-refractivity contribution is -0.129. The number of aliphatic imine (C=N–C) groups is 1. The van der Waals surface area contributed by atoms with Gasteiger partial charge in [-0.3, -0.25) is 4.40 Å². The Kier molecular flexibility index (Phi) is 2.90. The van der Waals surface area contributed by atoms with E-state index in [0.29, 0.717) is 5.90 Å². The van der Waals surface area contributed by atoms with Crippen molar-refractivity contribution in [1.82, 2.24) is 9.38 Å². The normalized spacial score (nSPS) is 16.3. The van der Waals surface area contributed by atoms with E-state index in [9.17, 15) is 4.79 Å². The number of carbonyl (C=O) groups excluding carboxylic acids is 1. The molecule has 3 heterocycles. The SMILES string of the molecule is Cc1nc2sccn2c1C=C1N=C(c2ccccc2)OC1=O. The molecule has 0 bridgehead atoms. The molecule has 22 heavy (non-hydrogen) atoms. The highest BCUT2D eigenvalue weighted by Crippen LogP contribution is 2.23. The molecule has 0 amide bonds. The predicted octanol–water partition coefficient (Wildman–Crippen LogP) is 3.05. The number of thiazole rings is 1. The van der Waals surface area contributed by atoms with Crippen LogP contribution in [0.2, 0.25) is 0 Å². The fraction of sp³-hybridized carbons (Fsp3) is 0.0625. The van der Waals surface area contributed by atoms with Crippen molar-refractivity contribution in [3.05, 3.63) is 64.6 Å². The number of fused-ring (bicyclic) bond motifs is 1. The van der Waals surface area contributed by atoms with Gasteiger partial charge in [-0.25, -0.2) is 14.8 Å². The van der Waals surface area contributed by atoms with Crippen molar-refractivity contribution in [2.75, 3.05) is 0 Å². The molecule has 0 unspecified atom stereocenters. The molecule has 4 rings (SSSR count). The maximum absolute atomic E-state index is 12.0. The molecule has 0 saturated carbocycles. The van der Waals surface area contributed by atoms with Crippen molar-refractivity contribution < 1.29 is 9.53 Å². The van der Waals surface area contributed by atoms with Gasteiger partial charge in [0.1, 0.15) is 0 Å². The average Bonchev–Trinajstić information content (AvgIpc) is 3.19. The molecule has 5 nitrogen and oxygen atoms in total. The van der Waals surface area contributed by atoms with Gasteiger partial charge in [-0.1, -0.05) is 18.2 Å². The van der Waals surface area contributed by atoms with E-state index in [-0.39, 0.29) is 5.70 Å². The standard InChI is InChI=1S/C16H11N3O2S/c1-10-13(19-7-8-22-16(19)17-10)9-12-15(20)21-14(18-12)11-5-3-2-4-6-11/h2-9H,1H3. The van der Waals surface area contributed by atoms with Gasteiger partial charge in [0.2, 0.25) is 5.90 Å². The first-order chi connectivity index (χ1) is 10.7. The van der Waals surface area contributed by atoms with Crippen molar-refractivity contribution in [3.63, 3.8) is 0 Å². The Balaban J connectivity index is 1.79. The quantitative estimate of drug-likeness (QED) is 0.540. The average molecular weight is 309 g/mol. The Bertz CT molecular complexity index is 935. The molecular weight excluding hydrogens is 298 g/mol. The van der Waals surface area contributed by atoms with Crippen LogP contribution in [0.25, 0.3) is 11.0 Å². The van der Waals surface area contributed by atoms with Crippen LogP contribution >= 0.6 is 11.3 Å². The number of aryl methyl sites for hydroxylation is 1. The topological polar surface area (TPSA) is 56.0 Å². The largest absolute Gasteiger partial charge is 0.402 e. The molecule has 1 aliphatic heterocycles. The first-order valence-corrected chi connectivity index (χ1v) is 7.60. The van der Waals surface area contributed by atoms with Gasteiger partial charge in [-0.05, 0) is 25.1 Å². The van der Waals surface area contributed by atoms with Gasteiger partial charge in [-0.2, -0.15) is 0 Å². The van der Waals surface area contributed by atoms with Crippen molar-refractivity contribution in [2.45, 2.75) is 6.92 Å². The highest BCUT2D eigenvalue weighted by Gasteiger charge is 2.24. The molecule has 2 aromatic heterocycles. The van der Waals surface area contributed by atoms with Crippen LogP contribution in [-0.4, -0.2) is 21.3 Å². The van der Waals surface area contributed by atoms with Crippen molar-refractivity contribution in [2.24, 2.45) is 4.99 Å². The molecule has 108 valence electrons. The van der Waals surface area contributed by atoms with Crippen LogP contribution in [0, 0.1) is 6.92 Å². The summed E-state index contributed by atoms with van der Waals surface area (Å²) in [5.74, 6) is -0.107. The summed E-state index contributed by atoms with van der Waals surface area (Å²) in [6, 6.07) is 9.37. The predicted molar refractivity (Wildman–Crippen MR) is 84.9 cm³/mol. The first kappa shape index (κ1) is 13.0. The second kappa shape index (κ2) is 4.92. The van der Waals surface area contributed by atoms with Crippen LogP contribution in [0.3, 0.4) is 0 Å². The molecule has 0 spiro atoms. The number of hydrogen-bond acceptors (Lipinski definition) is 5. The number of carbonyl (C=O) groups is 1. The molecule has 0 saturated heterocycles. The fourth-order valence-electron chi connectivity index (χ4n) is 2.33. The van der Waals surface area contributed by atoms with E-state index in [1.807, 2.05) is 53.2 Å². The van der Waals surface area contributed by atoms with Gasteiger partial charge in [0.25, 0.3) is 0 Å². The number of cyclic esters (lactones) is 1. The van der Waals surface area contributed by atoms with Crippen LogP contribution in [0.15, 0.2) is 52.6 Å². The third-order valence-electron chi connectivity index (χ3n) is 3.40. The lowest BCUT2D eigenvalue weighted by Gasteiger charge is -1.97. The third kappa shape index (κ3) is 2.05. The highest BCUT2D eigenvalue weighted by molar-refractivity contribution is 7.15. The van der Waals surface area contributed by atoms with E-state index in [4.69, 9.17) is 4.74 Å². The van der Waals surface area contributed by atoms with Crippen molar-refractivity contribution in [1.29, 1.82) is 0 Å². The summed E-state index contributed by atoms with van der Waals surface area (Å²) in [4.78, 5) is 21.7. The Labute approximate surface area is 130 Å². The molecular formula is C16H11N3O2S. The molecule has 6 heteroatoms. The summed E-state index contributed by atoms with van der Waals surface area (Å²) in [5.41, 5.74) is 2.77. The Morgan fingerprint density at radius 1 is 1.27 bits per heavy atom. The number of nitrogens with zero attached hydrogens (tertiary/aromatic N) is 3. The Hall–Kier alpha value is -2.73. The minimum atomic E-state index is -0.441. The van der Waals surface area contributed by atoms with Gasteiger partial charge >= 0.3 is 5.97 Å². The molecule has 0 atom stereocenters. The fourth-order valence-corrected chi connectivity index (χ4v) is 3.09. The summed E-state index contributed by atoms with van der Waals surface area (Å²) in [6.45, 7) is 1.91. The minimum absolute atomic E-state index is 0.287. The smallest absolute Gasteiger partial charge is 0.363 e. The summed E-state index contributed by atoms with van der Waals surface area (Å²) < 4.78 is 7.20. The monoisotopic (exact) mass is 309 g/mol. The zero-order valence-corrected chi connectivity index (χ0v) is 12.5. The second-order valence-corrected chi connectivity index (χ2v) is 5.71. The lowest BCUT2D eigenvalue weighted by atomic mass is 10.2. The number of ether oxygens (including phenoxy) is 1. The molecule has 1 aliphatic rings. The van der Waals surface area contributed by atoms with E-state index in [1.54, 1.807) is 17.4 Å². The Morgan fingerprint density at radius 3 is 2.91 bits per heavy atom. The van der Waals surface area contributed by atoms with Crippen molar-refractivity contribution in [3.8, 4) is 0 Å². The maximum atomic E-state index is 12.0. The highest BCUT2D eigenvalue weighted by atomic mass is 32.1. The summed E-state index contributed by atoms with van der Waals surface area (Å²) >= 11 is 1.55. The van der Waals surface area contributed by atoms with Gasteiger partial charge in [0.05, 0.1) is 11.4 Å². The number of esters is 1. The lowest BCUT2D eigenvalue weighted by Crippen LogP contribution is -2.05. The maximum Gasteiger partial charge on any atom is 0.363 e. The summed E-state index contributed by atoms with van der Waals surface area (Å²) in [7, 11) is 0. The minimum Gasteiger partial charge on any atom is -0.402 e. The molecule has 3 aromatic rings. The molecule has 0 aliphatic carbocycles. The zero-order chi connectivity index (χ0) is 15.1. The number of aromatic nitrogens is 2. The molecule has 1 aromatic carbocycles. The van der Waals surface area contributed by atoms with Gasteiger partial charge in [0, 0.05) is 17.1 Å². The van der Waals surface area contributed by atoms with Crippen molar-refractivity contribution >= 4 is 34.2 Å². The van der Waals surface area contributed by atoms with Crippen LogP contribution in [-0.2, 0) is 9.53 Å². The van der Waals surface area contributed by atoms with E-state index in [1.165, 1.54) is 0 Å². The summed E-state index contributed by atoms with van der Waals surface area (Å²) in [5, 5.41) is 1.95. The number of rotatable bonds is 2. The molecule has 0 N–H and O–H groups in total. The van der Waals surface area contributed by atoms with E-state index in [0.717, 1.165) is 21.9 Å². The second-order valence-electron chi connectivity index (χ2n) is 4.84. The Morgan fingerprint density at radius 2 is 2.09 bits per heavy atom. The van der Waals surface area contributed by atoms with E-state index < -0.39 is 5.97 Å². The summed E-state index contributed by atoms with van der Waals surface area (Å²) in [6.07, 6.45) is 3.65.